The van der Waals surface area contributed by atoms with Gasteiger partial charge in [-0.05, 0) is 44.9 Å². The topological polar surface area (TPSA) is 56.7 Å². The van der Waals surface area contributed by atoms with Crippen LogP contribution in [-0.2, 0) is 0 Å². The Morgan fingerprint density at radius 2 is 2.00 bits per heavy atom. The molecule has 0 aromatic carbocycles. The van der Waals surface area contributed by atoms with E-state index in [0.717, 1.165) is 23.5 Å². The molecule has 102 valence electrons. The van der Waals surface area contributed by atoms with Gasteiger partial charge in [0.25, 0.3) is 0 Å². The normalized spacial score (nSPS) is 14.4. The Bertz CT molecular complexity index is 545. The van der Waals surface area contributed by atoms with E-state index in [1.807, 2.05) is 36.0 Å². The highest BCUT2D eigenvalue weighted by molar-refractivity contribution is 5.25. The number of aromatic nitrogens is 3. The average Bonchev–Trinajstić information content (AvgIpc) is 2.68. The first-order valence-electron chi connectivity index (χ1n) is 6.75. The van der Waals surface area contributed by atoms with E-state index in [1.54, 1.807) is 0 Å². The number of nitrogens with zero attached hydrogens (tertiary/aromatic N) is 3. The predicted octanol–water partition coefficient (Wildman–Crippen LogP) is 2.53. The number of pyridine rings is 1. The molecule has 2 heterocycles. The van der Waals surface area contributed by atoms with Crippen molar-refractivity contribution in [3.63, 3.8) is 0 Å². The summed E-state index contributed by atoms with van der Waals surface area (Å²) in [5, 5.41) is 4.65. The molecule has 0 radical (unpaired) electrons. The molecule has 0 aliphatic heterocycles. The monoisotopic (exact) mass is 258 g/mol. The van der Waals surface area contributed by atoms with Crippen molar-refractivity contribution in [2.24, 2.45) is 5.73 Å². The lowest BCUT2D eigenvalue weighted by molar-refractivity contribution is 0.407. The highest BCUT2D eigenvalue weighted by Crippen LogP contribution is 2.24. The minimum Gasteiger partial charge on any atom is -0.326 e. The molecule has 19 heavy (non-hydrogen) atoms. The summed E-state index contributed by atoms with van der Waals surface area (Å²) < 4.78 is 2.03. The van der Waals surface area contributed by atoms with Gasteiger partial charge in [0.05, 0.1) is 11.4 Å². The molecule has 0 saturated carbocycles. The maximum atomic E-state index is 6.31. The molecule has 0 saturated heterocycles. The van der Waals surface area contributed by atoms with E-state index in [9.17, 15) is 0 Å². The fourth-order valence-corrected chi connectivity index (χ4v) is 2.32. The van der Waals surface area contributed by atoms with Crippen LogP contribution in [0.1, 0.15) is 42.0 Å². The van der Waals surface area contributed by atoms with E-state index in [4.69, 9.17) is 5.73 Å². The third kappa shape index (κ3) is 2.54. The van der Waals surface area contributed by atoms with E-state index in [2.05, 4.69) is 30.9 Å². The molecule has 0 spiro atoms. The van der Waals surface area contributed by atoms with Crippen LogP contribution < -0.4 is 5.73 Å². The largest absolute Gasteiger partial charge is 0.326 e. The van der Waals surface area contributed by atoms with Gasteiger partial charge in [-0.2, -0.15) is 5.10 Å². The van der Waals surface area contributed by atoms with Crippen molar-refractivity contribution in [1.82, 2.24) is 14.8 Å². The molecule has 0 aliphatic rings. The Morgan fingerprint density at radius 1 is 1.26 bits per heavy atom. The highest BCUT2D eigenvalue weighted by atomic mass is 15.3. The van der Waals surface area contributed by atoms with E-state index >= 15 is 0 Å². The zero-order chi connectivity index (χ0) is 14.0. The van der Waals surface area contributed by atoms with Crippen LogP contribution in [0.2, 0.25) is 0 Å². The van der Waals surface area contributed by atoms with Gasteiger partial charge < -0.3 is 5.73 Å². The van der Waals surface area contributed by atoms with Crippen LogP contribution in [0.3, 0.4) is 0 Å². The lowest BCUT2D eigenvalue weighted by atomic mass is 10.0. The molecule has 2 aromatic rings. The molecule has 4 heteroatoms. The molecule has 2 N–H and O–H groups in total. The Morgan fingerprint density at radius 3 is 2.47 bits per heavy atom. The van der Waals surface area contributed by atoms with Crippen LogP contribution in [0.15, 0.2) is 24.4 Å². The van der Waals surface area contributed by atoms with E-state index in [-0.39, 0.29) is 12.1 Å². The maximum Gasteiger partial charge on any atom is 0.109 e. The van der Waals surface area contributed by atoms with Crippen LogP contribution in [0.5, 0.6) is 0 Å². The first-order valence-corrected chi connectivity index (χ1v) is 6.75. The third-order valence-electron chi connectivity index (χ3n) is 3.82. The number of hydrogen-bond donors (Lipinski definition) is 1. The Hall–Kier alpha value is -1.68. The number of rotatable bonds is 4. The number of aryl methyl sites for hydroxylation is 1. The van der Waals surface area contributed by atoms with Gasteiger partial charge in [0.15, 0.2) is 0 Å². The molecule has 2 rings (SSSR count). The minimum atomic E-state index is -0.00130. The number of hydrogen-bond acceptors (Lipinski definition) is 3. The summed E-state index contributed by atoms with van der Waals surface area (Å²) in [6, 6.07) is 5.94. The maximum absolute atomic E-state index is 6.31. The summed E-state index contributed by atoms with van der Waals surface area (Å²) >= 11 is 0. The fourth-order valence-electron chi connectivity index (χ4n) is 2.32. The second-order valence-corrected chi connectivity index (χ2v) is 5.01. The van der Waals surface area contributed by atoms with Crippen molar-refractivity contribution < 1.29 is 0 Å². The van der Waals surface area contributed by atoms with Gasteiger partial charge in [0, 0.05) is 17.9 Å². The summed E-state index contributed by atoms with van der Waals surface area (Å²) in [5.41, 5.74) is 10.7. The summed E-state index contributed by atoms with van der Waals surface area (Å²) in [4.78, 5) is 4.46. The van der Waals surface area contributed by atoms with Crippen molar-refractivity contribution in [3.05, 3.63) is 47.0 Å². The molecule has 2 aromatic heterocycles. The summed E-state index contributed by atoms with van der Waals surface area (Å²) in [7, 11) is 0. The quantitative estimate of drug-likeness (QED) is 0.916. The molecule has 2 atom stereocenters. The highest BCUT2D eigenvalue weighted by Gasteiger charge is 2.25. The summed E-state index contributed by atoms with van der Waals surface area (Å²) in [5.74, 6) is 0. The van der Waals surface area contributed by atoms with E-state index < -0.39 is 0 Å². The average molecular weight is 258 g/mol. The Kier molecular flexibility index (Phi) is 4.00. The fraction of sp³-hybridized carbons (Fsp3) is 0.467. The zero-order valence-corrected chi connectivity index (χ0v) is 12.1. The first kappa shape index (κ1) is 13.7. The van der Waals surface area contributed by atoms with E-state index in [0.29, 0.717) is 0 Å². The molecule has 2 unspecified atom stereocenters. The lowest BCUT2D eigenvalue weighted by Crippen LogP contribution is -2.34. The van der Waals surface area contributed by atoms with Gasteiger partial charge in [-0.25, -0.2) is 0 Å². The molecular weight excluding hydrogens is 236 g/mol. The van der Waals surface area contributed by atoms with Crippen molar-refractivity contribution >= 4 is 0 Å². The predicted molar refractivity (Wildman–Crippen MR) is 77.1 cm³/mol. The summed E-state index contributed by atoms with van der Waals surface area (Å²) in [6.07, 6.45) is 2.70. The standard InChI is InChI=1S/C15H22N4/c1-5-13(16)15(14-8-6-7-9-17-14)19-12(4)10(2)11(3)18-19/h6-9,13,15H,5,16H2,1-4H3. The summed E-state index contributed by atoms with van der Waals surface area (Å²) in [6.45, 7) is 8.32. The molecular formula is C15H22N4. The molecule has 0 aliphatic carbocycles. The van der Waals surface area contributed by atoms with Gasteiger partial charge in [0.2, 0.25) is 0 Å². The van der Waals surface area contributed by atoms with Crippen molar-refractivity contribution in [2.45, 2.75) is 46.2 Å². The Labute approximate surface area is 114 Å². The third-order valence-corrected chi connectivity index (χ3v) is 3.82. The molecule has 4 nitrogen and oxygen atoms in total. The first-order chi connectivity index (χ1) is 9.06. The Balaban J connectivity index is 2.52. The van der Waals surface area contributed by atoms with Gasteiger partial charge in [-0.1, -0.05) is 13.0 Å². The SMILES string of the molecule is CCC(N)C(c1ccccn1)n1nc(C)c(C)c1C. The second kappa shape index (κ2) is 5.53. The lowest BCUT2D eigenvalue weighted by Gasteiger charge is -2.24. The van der Waals surface area contributed by atoms with Gasteiger partial charge in [0.1, 0.15) is 6.04 Å². The van der Waals surface area contributed by atoms with Crippen molar-refractivity contribution in [1.29, 1.82) is 0 Å². The van der Waals surface area contributed by atoms with Gasteiger partial charge in [-0.15, -0.1) is 0 Å². The van der Waals surface area contributed by atoms with Gasteiger partial charge >= 0.3 is 0 Å². The van der Waals surface area contributed by atoms with Crippen LogP contribution in [-0.4, -0.2) is 20.8 Å². The van der Waals surface area contributed by atoms with Crippen LogP contribution >= 0.6 is 0 Å². The zero-order valence-electron chi connectivity index (χ0n) is 12.1. The van der Waals surface area contributed by atoms with Crippen molar-refractivity contribution in [2.75, 3.05) is 0 Å². The van der Waals surface area contributed by atoms with Crippen LogP contribution in [0.4, 0.5) is 0 Å². The number of nitrogens with two attached hydrogens (primary N) is 1. The smallest absolute Gasteiger partial charge is 0.109 e. The van der Waals surface area contributed by atoms with Gasteiger partial charge in [-0.3, -0.25) is 9.67 Å². The van der Waals surface area contributed by atoms with E-state index in [1.165, 1.54) is 5.56 Å². The second-order valence-electron chi connectivity index (χ2n) is 5.01. The molecule has 0 fully saturated rings. The van der Waals surface area contributed by atoms with Crippen molar-refractivity contribution in [3.8, 4) is 0 Å². The molecule has 0 bridgehead atoms. The minimum absolute atomic E-state index is 0.00130. The van der Waals surface area contributed by atoms with Crippen LogP contribution in [0.25, 0.3) is 0 Å². The van der Waals surface area contributed by atoms with Crippen LogP contribution in [0, 0.1) is 20.8 Å². The molecule has 0 amide bonds.